The van der Waals surface area contributed by atoms with E-state index in [-0.39, 0.29) is 11.7 Å². The molecule has 0 spiro atoms. The molecule has 3 N–H and O–H groups in total. The summed E-state index contributed by atoms with van der Waals surface area (Å²) in [5.41, 5.74) is 7.93. The third-order valence-corrected chi connectivity index (χ3v) is 4.03. The minimum atomic E-state index is -0.730. The van der Waals surface area contributed by atoms with Crippen LogP contribution in [0.5, 0.6) is 0 Å². The van der Waals surface area contributed by atoms with Crippen LogP contribution in [0.2, 0.25) is 0 Å². The Balaban J connectivity index is 2.03. The van der Waals surface area contributed by atoms with Gasteiger partial charge < -0.3 is 11.1 Å². The van der Waals surface area contributed by atoms with Gasteiger partial charge in [0.05, 0.1) is 0 Å². The number of hydrogen-bond acceptors (Lipinski definition) is 2. The second kappa shape index (κ2) is 6.92. The van der Waals surface area contributed by atoms with E-state index in [1.54, 1.807) is 18.2 Å². The number of halogens is 1. The highest BCUT2D eigenvalue weighted by atomic mass is 19.1. The average molecular weight is 314 g/mol. The third-order valence-electron chi connectivity index (χ3n) is 4.03. The minimum Gasteiger partial charge on any atom is -0.354 e. The molecule has 3 nitrogen and oxygen atoms in total. The van der Waals surface area contributed by atoms with Crippen LogP contribution in [-0.2, 0) is 10.2 Å². The number of benzene rings is 2. The summed E-state index contributed by atoms with van der Waals surface area (Å²) in [5.74, 6) is -0.534. The molecule has 1 atom stereocenters. The van der Waals surface area contributed by atoms with Crippen LogP contribution in [0.3, 0.4) is 0 Å². The van der Waals surface area contributed by atoms with E-state index in [0.29, 0.717) is 12.1 Å². The zero-order valence-corrected chi connectivity index (χ0v) is 13.8. The Morgan fingerprint density at radius 1 is 1.17 bits per heavy atom. The summed E-state index contributed by atoms with van der Waals surface area (Å²) in [5, 5.41) is 2.83. The standard InChI is InChI=1S/C19H23FN2O/c1-13-8-10-14(11-9-13)17(21)18(23)22-12-19(2,3)15-6-4-5-7-16(15)20/h4-11,17H,12,21H2,1-3H3,(H,22,23). The van der Waals surface area contributed by atoms with Crippen LogP contribution in [0, 0.1) is 12.7 Å². The van der Waals surface area contributed by atoms with Crippen molar-refractivity contribution in [2.24, 2.45) is 5.73 Å². The summed E-state index contributed by atoms with van der Waals surface area (Å²) >= 11 is 0. The lowest BCUT2D eigenvalue weighted by atomic mass is 9.84. The summed E-state index contributed by atoms with van der Waals surface area (Å²) in [6.07, 6.45) is 0. The van der Waals surface area contributed by atoms with Crippen molar-refractivity contribution in [2.45, 2.75) is 32.2 Å². The van der Waals surface area contributed by atoms with Crippen LogP contribution >= 0.6 is 0 Å². The Kier molecular flexibility index (Phi) is 5.16. The maximum atomic E-state index is 13.9. The van der Waals surface area contributed by atoms with Gasteiger partial charge >= 0.3 is 0 Å². The summed E-state index contributed by atoms with van der Waals surface area (Å²) in [6, 6.07) is 13.4. The molecule has 0 saturated heterocycles. The quantitative estimate of drug-likeness (QED) is 0.890. The summed E-state index contributed by atoms with van der Waals surface area (Å²) in [4.78, 5) is 12.3. The van der Waals surface area contributed by atoms with Crippen molar-refractivity contribution in [1.29, 1.82) is 0 Å². The number of aryl methyl sites for hydroxylation is 1. The van der Waals surface area contributed by atoms with Gasteiger partial charge in [-0.2, -0.15) is 0 Å². The first-order valence-electron chi connectivity index (χ1n) is 7.66. The van der Waals surface area contributed by atoms with Gasteiger partial charge in [-0.1, -0.05) is 61.9 Å². The van der Waals surface area contributed by atoms with E-state index in [1.165, 1.54) is 6.07 Å². The lowest BCUT2D eigenvalue weighted by molar-refractivity contribution is -0.122. The van der Waals surface area contributed by atoms with Gasteiger partial charge in [-0.15, -0.1) is 0 Å². The second-order valence-electron chi connectivity index (χ2n) is 6.47. The van der Waals surface area contributed by atoms with Gasteiger partial charge in [-0.05, 0) is 24.1 Å². The van der Waals surface area contributed by atoms with Crippen LogP contribution in [-0.4, -0.2) is 12.5 Å². The van der Waals surface area contributed by atoms with E-state index >= 15 is 0 Å². The van der Waals surface area contributed by atoms with Crippen molar-refractivity contribution in [1.82, 2.24) is 5.32 Å². The Morgan fingerprint density at radius 3 is 2.39 bits per heavy atom. The molecule has 1 amide bonds. The smallest absolute Gasteiger partial charge is 0.241 e. The van der Waals surface area contributed by atoms with Crippen molar-refractivity contribution >= 4 is 5.91 Å². The highest BCUT2D eigenvalue weighted by molar-refractivity contribution is 5.83. The zero-order valence-electron chi connectivity index (χ0n) is 13.8. The number of carbonyl (C=O) groups is 1. The molecule has 0 aliphatic carbocycles. The van der Waals surface area contributed by atoms with Crippen molar-refractivity contribution < 1.29 is 9.18 Å². The van der Waals surface area contributed by atoms with Gasteiger partial charge in [0.2, 0.25) is 5.91 Å². The Labute approximate surface area is 136 Å². The van der Waals surface area contributed by atoms with Gasteiger partial charge in [0, 0.05) is 12.0 Å². The van der Waals surface area contributed by atoms with Gasteiger partial charge in [0.15, 0.2) is 0 Å². The highest BCUT2D eigenvalue weighted by Crippen LogP contribution is 2.25. The topological polar surface area (TPSA) is 55.1 Å². The summed E-state index contributed by atoms with van der Waals surface area (Å²) in [7, 11) is 0. The van der Waals surface area contributed by atoms with Gasteiger partial charge in [-0.3, -0.25) is 4.79 Å². The molecule has 0 fully saturated rings. The molecule has 1 unspecified atom stereocenters. The van der Waals surface area contributed by atoms with E-state index < -0.39 is 11.5 Å². The van der Waals surface area contributed by atoms with Crippen molar-refractivity contribution in [3.05, 3.63) is 71.0 Å². The molecule has 2 aromatic carbocycles. The lowest BCUT2D eigenvalue weighted by Crippen LogP contribution is -2.41. The second-order valence-corrected chi connectivity index (χ2v) is 6.47. The van der Waals surface area contributed by atoms with Crippen molar-refractivity contribution in [2.75, 3.05) is 6.54 Å². The Hall–Kier alpha value is -2.20. The Morgan fingerprint density at radius 2 is 1.78 bits per heavy atom. The number of rotatable bonds is 5. The van der Waals surface area contributed by atoms with Crippen LogP contribution in [0.1, 0.15) is 36.6 Å². The molecule has 23 heavy (non-hydrogen) atoms. The molecule has 122 valence electrons. The van der Waals surface area contributed by atoms with Crippen molar-refractivity contribution in [3.8, 4) is 0 Å². The average Bonchev–Trinajstić information content (AvgIpc) is 2.53. The normalized spacial score (nSPS) is 12.7. The SMILES string of the molecule is Cc1ccc(C(N)C(=O)NCC(C)(C)c2ccccc2F)cc1. The van der Waals surface area contributed by atoms with E-state index in [4.69, 9.17) is 5.73 Å². The molecule has 4 heteroatoms. The number of hydrogen-bond donors (Lipinski definition) is 2. The Bertz CT molecular complexity index is 680. The highest BCUT2D eigenvalue weighted by Gasteiger charge is 2.26. The predicted octanol–water partition coefficient (Wildman–Crippen LogP) is 3.23. The molecule has 0 saturated carbocycles. The monoisotopic (exact) mass is 314 g/mol. The predicted molar refractivity (Wildman–Crippen MR) is 90.5 cm³/mol. The molecule has 0 heterocycles. The third kappa shape index (κ3) is 4.17. The van der Waals surface area contributed by atoms with Crippen LogP contribution in [0.4, 0.5) is 4.39 Å². The lowest BCUT2D eigenvalue weighted by Gasteiger charge is -2.27. The molecular formula is C19H23FN2O. The fourth-order valence-electron chi connectivity index (χ4n) is 2.45. The maximum Gasteiger partial charge on any atom is 0.241 e. The molecule has 0 aliphatic rings. The molecule has 2 aromatic rings. The first kappa shape index (κ1) is 17.2. The molecule has 0 bridgehead atoms. The van der Waals surface area contributed by atoms with E-state index in [0.717, 1.165) is 11.1 Å². The fourth-order valence-corrected chi connectivity index (χ4v) is 2.45. The van der Waals surface area contributed by atoms with Gasteiger partial charge in [0.1, 0.15) is 11.9 Å². The molecular weight excluding hydrogens is 291 g/mol. The largest absolute Gasteiger partial charge is 0.354 e. The van der Waals surface area contributed by atoms with Gasteiger partial charge in [0.25, 0.3) is 0 Å². The molecule has 0 aromatic heterocycles. The number of carbonyl (C=O) groups excluding carboxylic acids is 1. The minimum absolute atomic E-state index is 0.265. The summed E-state index contributed by atoms with van der Waals surface area (Å²) < 4.78 is 13.9. The van der Waals surface area contributed by atoms with E-state index in [2.05, 4.69) is 5.32 Å². The molecule has 0 radical (unpaired) electrons. The van der Waals surface area contributed by atoms with E-state index in [1.807, 2.05) is 45.0 Å². The number of amides is 1. The molecule has 2 rings (SSSR count). The van der Waals surface area contributed by atoms with Crippen LogP contribution < -0.4 is 11.1 Å². The van der Waals surface area contributed by atoms with E-state index in [9.17, 15) is 9.18 Å². The first-order valence-corrected chi connectivity index (χ1v) is 7.66. The first-order chi connectivity index (χ1) is 10.8. The fraction of sp³-hybridized carbons (Fsp3) is 0.316. The maximum absolute atomic E-state index is 13.9. The van der Waals surface area contributed by atoms with Crippen LogP contribution in [0.25, 0.3) is 0 Å². The van der Waals surface area contributed by atoms with Crippen molar-refractivity contribution in [3.63, 3.8) is 0 Å². The number of nitrogens with one attached hydrogen (secondary N) is 1. The van der Waals surface area contributed by atoms with Crippen LogP contribution in [0.15, 0.2) is 48.5 Å². The van der Waals surface area contributed by atoms with Gasteiger partial charge in [-0.25, -0.2) is 4.39 Å². The number of nitrogens with two attached hydrogens (primary N) is 1. The zero-order chi connectivity index (χ0) is 17.0. The molecule has 0 aliphatic heterocycles. The summed E-state index contributed by atoms with van der Waals surface area (Å²) in [6.45, 7) is 6.07.